The molecular weight excluding hydrogens is 358 g/mol. The molecule has 2 fully saturated rings. The number of ether oxygens (including phenoxy) is 1. The van der Waals surface area contributed by atoms with Gasteiger partial charge in [-0.3, -0.25) is 9.80 Å². The van der Waals surface area contributed by atoms with E-state index in [1.165, 1.54) is 24.8 Å². The van der Waals surface area contributed by atoms with E-state index in [1.54, 1.807) is 0 Å². The first-order valence-corrected chi connectivity index (χ1v) is 10.6. The molecule has 5 heteroatoms. The Balaban J connectivity index is 1.31. The molecule has 1 aromatic carbocycles. The average Bonchev–Trinajstić information content (AvgIpc) is 2.63. The predicted molar refractivity (Wildman–Crippen MR) is 111 cm³/mol. The third-order valence-corrected chi connectivity index (χ3v) is 6.19. The lowest BCUT2D eigenvalue weighted by molar-refractivity contribution is -0.0732. The smallest absolute Gasteiger partial charge is 0.134 e. The maximum Gasteiger partial charge on any atom is 0.134 e. The van der Waals surface area contributed by atoms with Gasteiger partial charge in [-0.05, 0) is 57.8 Å². The van der Waals surface area contributed by atoms with Gasteiger partial charge < -0.3 is 4.74 Å². The first kappa shape index (κ1) is 19.1. The van der Waals surface area contributed by atoms with E-state index in [1.807, 2.05) is 12.1 Å². The van der Waals surface area contributed by atoms with Crippen LogP contribution >= 0.6 is 11.6 Å². The molecule has 2 unspecified atom stereocenters. The van der Waals surface area contributed by atoms with Crippen LogP contribution in [-0.4, -0.2) is 59.7 Å². The molecule has 0 amide bonds. The van der Waals surface area contributed by atoms with Crippen LogP contribution < -0.4 is 0 Å². The zero-order valence-electron chi connectivity index (χ0n) is 16.4. The van der Waals surface area contributed by atoms with Crippen LogP contribution in [-0.2, 0) is 11.3 Å². The number of benzene rings is 1. The van der Waals surface area contributed by atoms with Crippen LogP contribution in [0, 0.1) is 5.92 Å². The van der Waals surface area contributed by atoms with Crippen molar-refractivity contribution in [2.24, 2.45) is 5.92 Å². The largest absolute Gasteiger partial charge is 0.373 e. The number of pyridine rings is 1. The molecule has 0 radical (unpaired) electrons. The first-order valence-electron chi connectivity index (χ1n) is 10.2. The van der Waals surface area contributed by atoms with Gasteiger partial charge in [0.25, 0.3) is 0 Å². The van der Waals surface area contributed by atoms with Gasteiger partial charge in [-0.1, -0.05) is 29.8 Å². The SMILES string of the molecule is CC1CN(CC2CCN(Cc3cc4ccccc4nc3Cl)CC2)CC(C)O1. The number of hydrogen-bond acceptors (Lipinski definition) is 4. The molecule has 0 aliphatic carbocycles. The molecule has 1 aromatic heterocycles. The van der Waals surface area contributed by atoms with E-state index < -0.39 is 0 Å². The van der Waals surface area contributed by atoms with Crippen molar-refractivity contribution in [2.45, 2.75) is 45.4 Å². The van der Waals surface area contributed by atoms with Gasteiger partial charge >= 0.3 is 0 Å². The Morgan fingerprint density at radius 2 is 1.78 bits per heavy atom. The van der Waals surface area contributed by atoms with Gasteiger partial charge in [0.05, 0.1) is 17.7 Å². The number of morpholine rings is 1. The Labute approximate surface area is 167 Å². The molecular formula is C22H30ClN3O. The summed E-state index contributed by atoms with van der Waals surface area (Å²) in [7, 11) is 0. The Morgan fingerprint density at radius 1 is 1.07 bits per heavy atom. The number of likely N-dealkylation sites (tertiary alicyclic amines) is 1. The van der Waals surface area contributed by atoms with Crippen molar-refractivity contribution in [3.63, 3.8) is 0 Å². The van der Waals surface area contributed by atoms with Crippen LogP contribution in [0.1, 0.15) is 32.3 Å². The van der Waals surface area contributed by atoms with E-state index in [4.69, 9.17) is 16.3 Å². The van der Waals surface area contributed by atoms with E-state index in [0.717, 1.165) is 49.7 Å². The maximum absolute atomic E-state index is 6.45. The van der Waals surface area contributed by atoms with Crippen LogP contribution in [0.5, 0.6) is 0 Å². The van der Waals surface area contributed by atoms with Crippen molar-refractivity contribution in [1.82, 2.24) is 14.8 Å². The number of rotatable bonds is 4. The number of hydrogen-bond donors (Lipinski definition) is 0. The lowest BCUT2D eigenvalue weighted by Gasteiger charge is -2.39. The first-order chi connectivity index (χ1) is 13.1. The monoisotopic (exact) mass is 387 g/mol. The molecule has 2 aromatic rings. The standard InChI is InChI=1S/C22H30ClN3O/c1-16-12-26(13-17(2)27-16)14-18-7-9-25(10-8-18)15-20-11-19-5-3-4-6-21(19)24-22(20)23/h3-6,11,16-18H,7-10,12-15H2,1-2H3. The molecule has 3 heterocycles. The zero-order chi connectivity index (χ0) is 18.8. The number of piperidine rings is 1. The number of halogens is 1. The summed E-state index contributed by atoms with van der Waals surface area (Å²) in [6.45, 7) is 10.9. The fraction of sp³-hybridized carbons (Fsp3) is 0.591. The summed E-state index contributed by atoms with van der Waals surface area (Å²) >= 11 is 6.45. The van der Waals surface area contributed by atoms with Crippen molar-refractivity contribution in [3.05, 3.63) is 41.0 Å². The Bertz CT molecular complexity index is 765. The van der Waals surface area contributed by atoms with Crippen molar-refractivity contribution in [2.75, 3.05) is 32.7 Å². The van der Waals surface area contributed by atoms with E-state index in [9.17, 15) is 0 Å². The van der Waals surface area contributed by atoms with Gasteiger partial charge in [0.1, 0.15) is 5.15 Å². The molecule has 2 atom stereocenters. The highest BCUT2D eigenvalue weighted by Crippen LogP contribution is 2.25. The fourth-order valence-electron chi connectivity index (χ4n) is 4.61. The Kier molecular flexibility index (Phi) is 5.98. The predicted octanol–water partition coefficient (Wildman–Crippen LogP) is 4.21. The van der Waals surface area contributed by atoms with Crippen molar-refractivity contribution in [1.29, 1.82) is 0 Å². The van der Waals surface area contributed by atoms with Crippen molar-refractivity contribution < 1.29 is 4.74 Å². The van der Waals surface area contributed by atoms with E-state index >= 15 is 0 Å². The lowest BCUT2D eigenvalue weighted by atomic mass is 9.95. The minimum absolute atomic E-state index is 0.358. The highest BCUT2D eigenvalue weighted by Gasteiger charge is 2.26. The number of para-hydroxylation sites is 1. The third-order valence-electron chi connectivity index (χ3n) is 5.86. The van der Waals surface area contributed by atoms with Crippen LogP contribution in [0.15, 0.2) is 30.3 Å². The quantitative estimate of drug-likeness (QED) is 0.735. The molecule has 0 saturated carbocycles. The van der Waals surface area contributed by atoms with E-state index in [0.29, 0.717) is 17.4 Å². The second-order valence-corrected chi connectivity index (χ2v) is 8.68. The van der Waals surface area contributed by atoms with Crippen molar-refractivity contribution in [3.8, 4) is 0 Å². The van der Waals surface area contributed by atoms with Gasteiger partial charge in [0.2, 0.25) is 0 Å². The Morgan fingerprint density at radius 3 is 2.52 bits per heavy atom. The molecule has 4 nitrogen and oxygen atoms in total. The molecule has 0 spiro atoms. The highest BCUT2D eigenvalue weighted by atomic mass is 35.5. The minimum Gasteiger partial charge on any atom is -0.373 e. The second-order valence-electron chi connectivity index (χ2n) is 8.33. The molecule has 4 rings (SSSR count). The second kappa shape index (κ2) is 8.44. The summed E-state index contributed by atoms with van der Waals surface area (Å²) in [4.78, 5) is 9.69. The average molecular weight is 388 g/mol. The summed E-state index contributed by atoms with van der Waals surface area (Å²) < 4.78 is 5.86. The molecule has 146 valence electrons. The van der Waals surface area contributed by atoms with Crippen LogP contribution in [0.3, 0.4) is 0 Å². The van der Waals surface area contributed by atoms with Gasteiger partial charge in [-0.25, -0.2) is 4.98 Å². The normalized spacial score (nSPS) is 25.9. The number of fused-ring (bicyclic) bond motifs is 1. The van der Waals surface area contributed by atoms with Gasteiger partial charge in [0.15, 0.2) is 0 Å². The molecule has 27 heavy (non-hydrogen) atoms. The molecule has 2 aliphatic heterocycles. The topological polar surface area (TPSA) is 28.6 Å². The zero-order valence-corrected chi connectivity index (χ0v) is 17.2. The van der Waals surface area contributed by atoms with Gasteiger partial charge in [-0.2, -0.15) is 0 Å². The van der Waals surface area contributed by atoms with Crippen molar-refractivity contribution >= 4 is 22.5 Å². The summed E-state index contributed by atoms with van der Waals surface area (Å²) in [5, 5.41) is 1.81. The molecule has 2 aliphatic rings. The third kappa shape index (κ3) is 4.80. The molecule has 2 saturated heterocycles. The summed E-state index contributed by atoms with van der Waals surface area (Å²) in [6, 6.07) is 10.4. The summed E-state index contributed by atoms with van der Waals surface area (Å²) in [5.74, 6) is 0.795. The highest BCUT2D eigenvalue weighted by molar-refractivity contribution is 6.30. The molecule has 0 bridgehead atoms. The minimum atomic E-state index is 0.358. The van der Waals surface area contributed by atoms with Crippen LogP contribution in [0.4, 0.5) is 0 Å². The molecule has 0 N–H and O–H groups in total. The summed E-state index contributed by atoms with van der Waals surface area (Å²) in [6.07, 6.45) is 3.24. The number of aromatic nitrogens is 1. The van der Waals surface area contributed by atoms with Crippen LogP contribution in [0.2, 0.25) is 5.15 Å². The maximum atomic E-state index is 6.45. The fourth-order valence-corrected chi connectivity index (χ4v) is 4.82. The van der Waals surface area contributed by atoms with E-state index in [2.05, 4.69) is 46.8 Å². The summed E-state index contributed by atoms with van der Waals surface area (Å²) in [5.41, 5.74) is 2.11. The Hall–Kier alpha value is -1.20. The van der Waals surface area contributed by atoms with Gasteiger partial charge in [-0.15, -0.1) is 0 Å². The van der Waals surface area contributed by atoms with E-state index in [-0.39, 0.29) is 0 Å². The lowest BCUT2D eigenvalue weighted by Crippen LogP contribution is -2.48. The van der Waals surface area contributed by atoms with Gasteiger partial charge in [0, 0.05) is 37.1 Å². The number of nitrogens with zero attached hydrogens (tertiary/aromatic N) is 3. The van der Waals surface area contributed by atoms with Crippen LogP contribution in [0.25, 0.3) is 10.9 Å².